The van der Waals surface area contributed by atoms with E-state index in [0.29, 0.717) is 5.15 Å². The van der Waals surface area contributed by atoms with E-state index in [1.165, 1.54) is 0 Å². The summed E-state index contributed by atoms with van der Waals surface area (Å²) in [4.78, 5) is 8.48. The Hall–Kier alpha value is -1.62. The molecule has 6 heteroatoms. The maximum Gasteiger partial charge on any atom is 0.134 e. The lowest BCUT2D eigenvalue weighted by Gasteiger charge is -2.06. The average Bonchev–Trinajstić information content (AvgIpc) is 2.74. The molecule has 18 heavy (non-hydrogen) atoms. The van der Waals surface area contributed by atoms with Gasteiger partial charge in [-0.15, -0.1) is 0 Å². The molecule has 0 atom stereocenters. The third-order valence-corrected chi connectivity index (χ3v) is 2.71. The van der Waals surface area contributed by atoms with Crippen LogP contribution in [0.3, 0.4) is 0 Å². The molecule has 96 valence electrons. The van der Waals surface area contributed by atoms with Crippen molar-refractivity contribution < 1.29 is 0 Å². The average molecular weight is 266 g/mol. The molecule has 0 saturated heterocycles. The number of aryl methyl sites for hydroxylation is 2. The van der Waals surface area contributed by atoms with Crippen LogP contribution in [0.15, 0.2) is 18.3 Å². The molecule has 1 N–H and O–H groups in total. The van der Waals surface area contributed by atoms with Crippen LogP contribution >= 0.6 is 11.6 Å². The minimum Gasteiger partial charge on any atom is -0.370 e. The van der Waals surface area contributed by atoms with E-state index in [2.05, 4.69) is 20.4 Å². The third kappa shape index (κ3) is 3.43. The first-order valence-corrected chi connectivity index (χ1v) is 6.31. The maximum absolute atomic E-state index is 5.92. The number of aromatic nitrogens is 4. The van der Waals surface area contributed by atoms with Gasteiger partial charge in [-0.2, -0.15) is 5.10 Å². The highest BCUT2D eigenvalue weighted by molar-refractivity contribution is 6.29. The third-order valence-electron chi connectivity index (χ3n) is 2.51. The van der Waals surface area contributed by atoms with E-state index in [1.54, 1.807) is 10.7 Å². The van der Waals surface area contributed by atoms with E-state index in [9.17, 15) is 0 Å². The molecule has 0 amide bonds. The second-order valence-corrected chi connectivity index (χ2v) is 4.39. The van der Waals surface area contributed by atoms with E-state index < -0.39 is 0 Å². The minimum atomic E-state index is 0.474. The van der Waals surface area contributed by atoms with E-state index >= 15 is 0 Å². The fourth-order valence-electron chi connectivity index (χ4n) is 1.63. The van der Waals surface area contributed by atoms with Crippen molar-refractivity contribution in [1.29, 1.82) is 0 Å². The molecule has 0 aliphatic carbocycles. The summed E-state index contributed by atoms with van der Waals surface area (Å²) in [6, 6.07) is 3.74. The van der Waals surface area contributed by atoms with Crippen LogP contribution in [0.5, 0.6) is 0 Å². The van der Waals surface area contributed by atoms with Gasteiger partial charge in [0.1, 0.15) is 16.8 Å². The molecule has 2 rings (SSSR count). The van der Waals surface area contributed by atoms with Crippen LogP contribution in [0.2, 0.25) is 5.15 Å². The van der Waals surface area contributed by atoms with Crippen molar-refractivity contribution in [2.24, 2.45) is 7.05 Å². The summed E-state index contributed by atoms with van der Waals surface area (Å²) < 4.78 is 1.80. The molecule has 2 aromatic heterocycles. The van der Waals surface area contributed by atoms with Gasteiger partial charge in [0.15, 0.2) is 0 Å². The maximum atomic E-state index is 5.92. The van der Waals surface area contributed by atoms with Gasteiger partial charge < -0.3 is 5.32 Å². The predicted octanol–water partition coefficient (Wildman–Crippen LogP) is 2.08. The quantitative estimate of drug-likeness (QED) is 0.841. The first-order chi connectivity index (χ1) is 8.67. The normalized spacial score (nSPS) is 10.6. The van der Waals surface area contributed by atoms with Crippen molar-refractivity contribution in [3.63, 3.8) is 0 Å². The van der Waals surface area contributed by atoms with Crippen molar-refractivity contribution >= 4 is 17.4 Å². The molecular formula is C12H16ClN5. The van der Waals surface area contributed by atoms with Gasteiger partial charge >= 0.3 is 0 Å². The first-order valence-electron chi connectivity index (χ1n) is 5.93. The lowest BCUT2D eigenvalue weighted by atomic mass is 10.3. The molecule has 2 aromatic rings. The minimum absolute atomic E-state index is 0.474. The van der Waals surface area contributed by atoms with Gasteiger partial charge in [0.2, 0.25) is 0 Å². The van der Waals surface area contributed by atoms with Gasteiger partial charge in [-0.25, -0.2) is 9.97 Å². The molecule has 0 saturated carbocycles. The predicted molar refractivity (Wildman–Crippen MR) is 71.8 cm³/mol. The van der Waals surface area contributed by atoms with Crippen LogP contribution in [0.25, 0.3) is 0 Å². The molecule has 0 bridgehead atoms. The molecule has 0 aliphatic rings. The molecule has 2 heterocycles. The monoisotopic (exact) mass is 265 g/mol. The smallest absolute Gasteiger partial charge is 0.134 e. The zero-order valence-electron chi connectivity index (χ0n) is 10.5. The van der Waals surface area contributed by atoms with E-state index in [-0.39, 0.29) is 0 Å². The van der Waals surface area contributed by atoms with E-state index in [4.69, 9.17) is 11.6 Å². The molecule has 0 aromatic carbocycles. The number of hydrogen-bond donors (Lipinski definition) is 1. The highest BCUT2D eigenvalue weighted by atomic mass is 35.5. The SMILES string of the molecule is CCc1nc(Cl)cc(NCCc2ccn(C)n2)n1. The standard InChI is InChI=1S/C12H16ClN5/c1-3-11-15-10(13)8-12(16-11)14-6-4-9-5-7-18(2)17-9/h5,7-8H,3-4,6H2,1-2H3,(H,14,15,16). The van der Waals surface area contributed by atoms with Gasteiger partial charge in [0.25, 0.3) is 0 Å². The number of halogens is 1. The summed E-state index contributed by atoms with van der Waals surface area (Å²) in [5.74, 6) is 1.52. The van der Waals surface area contributed by atoms with E-state index in [1.807, 2.05) is 26.2 Å². The second-order valence-electron chi connectivity index (χ2n) is 4.00. The lowest BCUT2D eigenvalue weighted by Crippen LogP contribution is -2.08. The van der Waals surface area contributed by atoms with Crippen LogP contribution in [-0.2, 0) is 19.9 Å². The van der Waals surface area contributed by atoms with E-state index in [0.717, 1.165) is 36.7 Å². The van der Waals surface area contributed by atoms with Crippen LogP contribution in [0, 0.1) is 0 Å². The Labute approximate surface area is 111 Å². The Morgan fingerprint density at radius 1 is 1.39 bits per heavy atom. The Bertz CT molecular complexity index is 523. The fourth-order valence-corrected chi connectivity index (χ4v) is 1.83. The molecule has 5 nitrogen and oxygen atoms in total. The number of anilines is 1. The summed E-state index contributed by atoms with van der Waals surface area (Å²) in [7, 11) is 1.91. The van der Waals surface area contributed by atoms with Crippen molar-refractivity contribution in [2.45, 2.75) is 19.8 Å². The summed E-state index contributed by atoms with van der Waals surface area (Å²) in [5.41, 5.74) is 1.06. The zero-order chi connectivity index (χ0) is 13.0. The Morgan fingerprint density at radius 3 is 2.89 bits per heavy atom. The van der Waals surface area contributed by atoms with Crippen molar-refractivity contribution in [2.75, 3.05) is 11.9 Å². The number of nitrogens with zero attached hydrogens (tertiary/aromatic N) is 4. The highest BCUT2D eigenvalue weighted by Gasteiger charge is 2.02. The number of hydrogen-bond acceptors (Lipinski definition) is 4. The summed E-state index contributed by atoms with van der Waals surface area (Å²) >= 11 is 5.92. The second kappa shape index (κ2) is 5.82. The largest absolute Gasteiger partial charge is 0.370 e. The fraction of sp³-hybridized carbons (Fsp3) is 0.417. The molecule has 0 unspecified atom stereocenters. The Kier molecular flexibility index (Phi) is 4.15. The molecule has 0 fully saturated rings. The molecular weight excluding hydrogens is 250 g/mol. The summed E-state index contributed by atoms with van der Waals surface area (Å²) in [6.45, 7) is 2.77. The van der Waals surface area contributed by atoms with Gasteiger partial charge in [-0.3, -0.25) is 4.68 Å². The highest BCUT2D eigenvalue weighted by Crippen LogP contribution is 2.11. The van der Waals surface area contributed by atoms with Crippen LogP contribution in [-0.4, -0.2) is 26.3 Å². The van der Waals surface area contributed by atoms with Crippen LogP contribution in [0.1, 0.15) is 18.4 Å². The van der Waals surface area contributed by atoms with Crippen molar-refractivity contribution in [3.8, 4) is 0 Å². The lowest BCUT2D eigenvalue weighted by molar-refractivity contribution is 0.741. The van der Waals surface area contributed by atoms with Gasteiger partial charge in [-0.1, -0.05) is 18.5 Å². The van der Waals surface area contributed by atoms with Crippen LogP contribution in [0.4, 0.5) is 5.82 Å². The van der Waals surface area contributed by atoms with Crippen molar-refractivity contribution in [3.05, 3.63) is 35.0 Å². The number of nitrogens with one attached hydrogen (secondary N) is 1. The van der Waals surface area contributed by atoms with Gasteiger partial charge in [0, 0.05) is 38.7 Å². The van der Waals surface area contributed by atoms with Crippen molar-refractivity contribution in [1.82, 2.24) is 19.7 Å². The zero-order valence-corrected chi connectivity index (χ0v) is 11.3. The van der Waals surface area contributed by atoms with Gasteiger partial charge in [-0.05, 0) is 6.07 Å². The topological polar surface area (TPSA) is 55.6 Å². The summed E-state index contributed by atoms with van der Waals surface area (Å²) in [5, 5.41) is 8.02. The van der Waals surface area contributed by atoms with Gasteiger partial charge in [0.05, 0.1) is 5.69 Å². The molecule has 0 radical (unpaired) electrons. The van der Waals surface area contributed by atoms with Crippen LogP contribution < -0.4 is 5.32 Å². The first kappa shape index (κ1) is 12.8. The Balaban J connectivity index is 1.91. The number of rotatable bonds is 5. The molecule has 0 aliphatic heterocycles. The Morgan fingerprint density at radius 2 is 2.22 bits per heavy atom. The molecule has 0 spiro atoms. The summed E-state index contributed by atoms with van der Waals surface area (Å²) in [6.07, 6.45) is 3.56.